The van der Waals surface area contributed by atoms with Crippen LogP contribution in [0.25, 0.3) is 6.08 Å². The zero-order valence-electron chi connectivity index (χ0n) is 26.6. The van der Waals surface area contributed by atoms with Crippen LogP contribution in [0.2, 0.25) is 0 Å². The van der Waals surface area contributed by atoms with Crippen molar-refractivity contribution < 1.29 is 28.6 Å². The first-order chi connectivity index (χ1) is 22.1. The fourth-order valence-corrected chi connectivity index (χ4v) is 5.30. The average Bonchev–Trinajstić information content (AvgIpc) is 3.06. The highest BCUT2D eigenvalue weighted by molar-refractivity contribution is 8.00. The van der Waals surface area contributed by atoms with Gasteiger partial charge in [-0.2, -0.15) is 0 Å². The molecule has 4 aromatic rings. The van der Waals surface area contributed by atoms with Gasteiger partial charge >= 0.3 is 0 Å². The first-order valence-electron chi connectivity index (χ1n) is 14.5. The summed E-state index contributed by atoms with van der Waals surface area (Å²) < 4.78 is 16.3. The molecule has 4 aromatic carbocycles. The Morgan fingerprint density at radius 2 is 1.37 bits per heavy atom. The Balaban J connectivity index is 1.51. The molecule has 4 rings (SSSR count). The molecule has 0 fully saturated rings. The lowest BCUT2D eigenvalue weighted by molar-refractivity contribution is -0.115. The quantitative estimate of drug-likeness (QED) is 0.115. The van der Waals surface area contributed by atoms with E-state index in [4.69, 9.17) is 14.2 Å². The number of hydrogen-bond acceptors (Lipinski definition) is 7. The zero-order chi connectivity index (χ0) is 33.2. The summed E-state index contributed by atoms with van der Waals surface area (Å²) in [7, 11) is 4.49. The maximum Gasteiger partial charge on any atom is 0.272 e. The molecular formula is C36H37N3O6S. The minimum Gasteiger partial charge on any atom is -0.493 e. The van der Waals surface area contributed by atoms with Gasteiger partial charge in [0.15, 0.2) is 11.5 Å². The fraction of sp³-hybridized carbons (Fsp3) is 0.194. The number of carbonyl (C=O) groups is 3. The van der Waals surface area contributed by atoms with Crippen molar-refractivity contribution in [2.45, 2.75) is 30.9 Å². The van der Waals surface area contributed by atoms with Gasteiger partial charge in [0.2, 0.25) is 11.7 Å². The highest BCUT2D eigenvalue weighted by atomic mass is 32.2. The van der Waals surface area contributed by atoms with Gasteiger partial charge in [0.1, 0.15) is 5.70 Å². The molecule has 46 heavy (non-hydrogen) atoms. The molecule has 9 nitrogen and oxygen atoms in total. The highest BCUT2D eigenvalue weighted by Gasteiger charge is 2.19. The number of thioether (sulfide) groups is 1. The molecule has 238 valence electrons. The monoisotopic (exact) mass is 639 g/mol. The van der Waals surface area contributed by atoms with Gasteiger partial charge in [0.05, 0.1) is 26.6 Å². The molecule has 3 N–H and O–H groups in total. The fourth-order valence-electron chi connectivity index (χ4n) is 4.43. The maximum absolute atomic E-state index is 13.5. The summed E-state index contributed by atoms with van der Waals surface area (Å²) in [6, 6.07) is 24.9. The Bertz CT molecular complexity index is 1710. The normalized spacial score (nSPS) is 11.7. The van der Waals surface area contributed by atoms with Gasteiger partial charge < -0.3 is 30.2 Å². The molecule has 0 aliphatic heterocycles. The van der Waals surface area contributed by atoms with Crippen LogP contribution in [-0.2, 0) is 9.59 Å². The van der Waals surface area contributed by atoms with Crippen molar-refractivity contribution in [1.82, 2.24) is 5.32 Å². The lowest BCUT2D eigenvalue weighted by Crippen LogP contribution is -2.30. The van der Waals surface area contributed by atoms with Gasteiger partial charge in [0.25, 0.3) is 11.8 Å². The SMILES string of the molecule is COc1cc(/C=C(\NC(=O)c2ccccc2)C(=O)Nc2ccc(SC(C)C(=O)Nc3ccc(C)c(C)c3)cc2)cc(OC)c1OC. The summed E-state index contributed by atoms with van der Waals surface area (Å²) in [5.41, 5.74) is 4.46. The van der Waals surface area contributed by atoms with E-state index in [1.807, 2.05) is 51.1 Å². The second-order valence-electron chi connectivity index (χ2n) is 10.4. The second kappa shape index (κ2) is 15.7. The van der Waals surface area contributed by atoms with E-state index in [1.54, 1.807) is 54.6 Å². The average molecular weight is 640 g/mol. The van der Waals surface area contributed by atoms with Crippen LogP contribution in [0.4, 0.5) is 11.4 Å². The van der Waals surface area contributed by atoms with Gasteiger partial charge in [-0.3, -0.25) is 14.4 Å². The van der Waals surface area contributed by atoms with Crippen molar-refractivity contribution in [3.05, 3.63) is 113 Å². The van der Waals surface area contributed by atoms with Gasteiger partial charge in [0, 0.05) is 21.8 Å². The van der Waals surface area contributed by atoms with E-state index in [2.05, 4.69) is 16.0 Å². The third kappa shape index (κ3) is 8.70. The topological polar surface area (TPSA) is 115 Å². The number of carbonyl (C=O) groups excluding carboxylic acids is 3. The predicted molar refractivity (Wildman–Crippen MR) is 183 cm³/mol. The van der Waals surface area contributed by atoms with Gasteiger partial charge in [-0.25, -0.2) is 0 Å². The van der Waals surface area contributed by atoms with E-state index in [9.17, 15) is 14.4 Å². The van der Waals surface area contributed by atoms with Gasteiger partial charge in [-0.15, -0.1) is 11.8 Å². The minimum atomic E-state index is -0.542. The number of nitrogens with one attached hydrogen (secondary N) is 3. The summed E-state index contributed by atoms with van der Waals surface area (Å²) in [6.45, 7) is 5.87. The van der Waals surface area contributed by atoms with Crippen molar-refractivity contribution in [2.75, 3.05) is 32.0 Å². The summed E-state index contributed by atoms with van der Waals surface area (Å²) in [5, 5.41) is 8.19. The summed E-state index contributed by atoms with van der Waals surface area (Å²) >= 11 is 1.40. The van der Waals surface area contributed by atoms with E-state index in [0.29, 0.717) is 34.1 Å². The first-order valence-corrected chi connectivity index (χ1v) is 15.3. The Morgan fingerprint density at radius 1 is 0.739 bits per heavy atom. The number of hydrogen-bond donors (Lipinski definition) is 3. The number of benzene rings is 4. The lowest BCUT2D eigenvalue weighted by atomic mass is 10.1. The third-order valence-corrected chi connectivity index (χ3v) is 8.21. The third-order valence-electron chi connectivity index (χ3n) is 7.10. The lowest BCUT2D eigenvalue weighted by Gasteiger charge is -2.15. The minimum absolute atomic E-state index is 0.00165. The largest absolute Gasteiger partial charge is 0.493 e. The standard InChI is InChI=1S/C36H37N3O6S/c1-22-12-13-28(18-23(22)2)38-34(40)24(3)46-29-16-14-27(15-17-29)37-36(42)30(39-35(41)26-10-8-7-9-11-26)19-25-20-31(43-4)33(45-6)32(21-25)44-5/h7-21,24H,1-6H3,(H,37,42)(H,38,40)(H,39,41)/b30-19-. The number of aryl methyl sites for hydroxylation is 2. The van der Waals surface area contributed by atoms with E-state index < -0.39 is 11.8 Å². The Labute approximate surface area is 273 Å². The number of amides is 3. The molecule has 0 saturated heterocycles. The highest BCUT2D eigenvalue weighted by Crippen LogP contribution is 2.38. The van der Waals surface area contributed by atoms with Crippen LogP contribution in [0.3, 0.4) is 0 Å². The molecule has 0 saturated carbocycles. The smallest absolute Gasteiger partial charge is 0.272 e. The molecule has 3 amide bonds. The Morgan fingerprint density at radius 3 is 1.96 bits per heavy atom. The number of anilines is 2. The summed E-state index contributed by atoms with van der Waals surface area (Å²) in [5.74, 6) is 0.0890. The molecule has 10 heteroatoms. The Hall–Kier alpha value is -5.22. The molecule has 0 spiro atoms. The van der Waals surface area contributed by atoms with Crippen LogP contribution in [-0.4, -0.2) is 44.3 Å². The van der Waals surface area contributed by atoms with Crippen molar-refractivity contribution in [3.63, 3.8) is 0 Å². The molecule has 0 aliphatic carbocycles. The predicted octanol–water partition coefficient (Wildman–Crippen LogP) is 6.86. The van der Waals surface area contributed by atoms with Crippen LogP contribution in [0.15, 0.2) is 95.5 Å². The number of rotatable bonds is 12. The van der Waals surface area contributed by atoms with E-state index >= 15 is 0 Å². The molecule has 1 atom stereocenters. The van der Waals surface area contributed by atoms with E-state index in [-0.39, 0.29) is 16.9 Å². The molecule has 1 unspecified atom stereocenters. The van der Waals surface area contributed by atoms with Crippen LogP contribution >= 0.6 is 11.8 Å². The van der Waals surface area contributed by atoms with E-state index in [0.717, 1.165) is 21.7 Å². The molecular weight excluding hydrogens is 602 g/mol. The van der Waals surface area contributed by atoms with Crippen LogP contribution in [0, 0.1) is 13.8 Å². The summed E-state index contributed by atoms with van der Waals surface area (Å²) in [4.78, 5) is 40.3. The number of methoxy groups -OCH3 is 3. The van der Waals surface area contributed by atoms with Crippen LogP contribution in [0.1, 0.15) is 34.0 Å². The Kier molecular flexibility index (Phi) is 11.5. The van der Waals surface area contributed by atoms with Crippen molar-refractivity contribution in [2.24, 2.45) is 0 Å². The zero-order valence-corrected chi connectivity index (χ0v) is 27.4. The van der Waals surface area contributed by atoms with Gasteiger partial charge in [-0.05, 0) is 104 Å². The molecule has 0 aliphatic rings. The van der Waals surface area contributed by atoms with Crippen molar-refractivity contribution >= 4 is 46.9 Å². The van der Waals surface area contributed by atoms with Crippen molar-refractivity contribution in [1.29, 1.82) is 0 Å². The first kappa shape index (κ1) is 33.7. The van der Waals surface area contributed by atoms with Crippen LogP contribution in [0.5, 0.6) is 17.2 Å². The van der Waals surface area contributed by atoms with Gasteiger partial charge in [-0.1, -0.05) is 24.3 Å². The maximum atomic E-state index is 13.5. The van der Waals surface area contributed by atoms with Crippen molar-refractivity contribution in [3.8, 4) is 17.2 Å². The molecule has 0 bridgehead atoms. The van der Waals surface area contributed by atoms with Crippen LogP contribution < -0.4 is 30.2 Å². The second-order valence-corrected chi connectivity index (χ2v) is 11.8. The van der Waals surface area contributed by atoms with E-state index in [1.165, 1.54) is 39.2 Å². The molecule has 0 heterocycles. The molecule has 0 radical (unpaired) electrons. The number of ether oxygens (including phenoxy) is 3. The molecule has 0 aromatic heterocycles. The summed E-state index contributed by atoms with van der Waals surface area (Å²) in [6.07, 6.45) is 1.53.